The van der Waals surface area contributed by atoms with E-state index in [9.17, 15) is 13.2 Å². The summed E-state index contributed by atoms with van der Waals surface area (Å²) < 4.78 is 27.0. The SMILES string of the molecule is CCC(C)(C)NS(=O)(=O)c1nnc(NC(=O)c2ccc(C)cc2)s1. The number of nitrogens with zero attached hydrogens (tertiary/aromatic N) is 2. The van der Waals surface area contributed by atoms with Gasteiger partial charge in [-0.05, 0) is 39.3 Å². The van der Waals surface area contributed by atoms with Crippen LogP contribution in [0.15, 0.2) is 28.6 Å². The number of hydrogen-bond acceptors (Lipinski definition) is 6. The molecule has 0 spiro atoms. The summed E-state index contributed by atoms with van der Waals surface area (Å²) in [6, 6.07) is 7.02. The Balaban J connectivity index is 2.13. The van der Waals surface area contributed by atoms with Gasteiger partial charge in [-0.1, -0.05) is 36.0 Å². The third-order valence-electron chi connectivity index (χ3n) is 3.47. The maximum atomic E-state index is 12.3. The highest BCUT2D eigenvalue weighted by molar-refractivity contribution is 7.91. The Labute approximate surface area is 145 Å². The van der Waals surface area contributed by atoms with Gasteiger partial charge >= 0.3 is 0 Å². The van der Waals surface area contributed by atoms with Crippen LogP contribution in [0, 0.1) is 6.92 Å². The zero-order valence-corrected chi connectivity index (χ0v) is 15.6. The van der Waals surface area contributed by atoms with Crippen LogP contribution < -0.4 is 10.0 Å². The molecule has 1 aromatic heterocycles. The smallest absolute Gasteiger partial charge is 0.270 e. The molecule has 1 heterocycles. The first-order valence-electron chi connectivity index (χ1n) is 7.38. The zero-order chi connectivity index (χ0) is 18.0. The molecular formula is C15H20N4O3S2. The third kappa shape index (κ3) is 4.59. The number of amides is 1. The quantitative estimate of drug-likeness (QED) is 0.763. The average molecular weight is 368 g/mol. The maximum Gasteiger partial charge on any atom is 0.270 e. The number of benzene rings is 1. The first-order chi connectivity index (χ1) is 11.1. The van der Waals surface area contributed by atoms with Gasteiger partial charge in [0.1, 0.15) is 0 Å². The van der Waals surface area contributed by atoms with Crippen molar-refractivity contribution in [2.24, 2.45) is 0 Å². The summed E-state index contributed by atoms with van der Waals surface area (Å²) in [5, 5.41) is 10.1. The van der Waals surface area contributed by atoms with Crippen LogP contribution in [0.4, 0.5) is 5.13 Å². The summed E-state index contributed by atoms with van der Waals surface area (Å²) in [6.45, 7) is 7.38. The number of aryl methyl sites for hydroxylation is 1. The van der Waals surface area contributed by atoms with Crippen molar-refractivity contribution in [3.05, 3.63) is 35.4 Å². The first kappa shape index (κ1) is 18.5. The summed E-state index contributed by atoms with van der Waals surface area (Å²) in [4.78, 5) is 12.1. The Hall–Kier alpha value is -1.84. The van der Waals surface area contributed by atoms with E-state index in [1.165, 1.54) is 0 Å². The number of aromatic nitrogens is 2. The second-order valence-corrected chi connectivity index (χ2v) is 8.87. The monoisotopic (exact) mass is 368 g/mol. The highest BCUT2D eigenvalue weighted by Crippen LogP contribution is 2.22. The number of sulfonamides is 1. The summed E-state index contributed by atoms with van der Waals surface area (Å²) in [5.41, 5.74) is 0.918. The molecule has 2 N–H and O–H groups in total. The summed E-state index contributed by atoms with van der Waals surface area (Å²) in [6.07, 6.45) is 0.627. The minimum Gasteiger partial charge on any atom is -0.296 e. The van der Waals surface area contributed by atoms with E-state index in [2.05, 4.69) is 20.2 Å². The Morgan fingerprint density at radius 2 is 1.83 bits per heavy atom. The van der Waals surface area contributed by atoms with Gasteiger partial charge in [-0.25, -0.2) is 13.1 Å². The molecule has 2 aromatic rings. The lowest BCUT2D eigenvalue weighted by molar-refractivity contribution is 0.102. The summed E-state index contributed by atoms with van der Waals surface area (Å²) >= 11 is 0.813. The second kappa shape index (κ2) is 6.96. The van der Waals surface area contributed by atoms with Crippen molar-refractivity contribution >= 4 is 32.4 Å². The largest absolute Gasteiger partial charge is 0.296 e. The molecule has 0 fully saturated rings. The van der Waals surface area contributed by atoms with Gasteiger partial charge in [-0.3, -0.25) is 10.1 Å². The van der Waals surface area contributed by atoms with E-state index < -0.39 is 15.6 Å². The van der Waals surface area contributed by atoms with Gasteiger partial charge in [0.05, 0.1) is 0 Å². The van der Waals surface area contributed by atoms with Crippen LogP contribution in [0.25, 0.3) is 0 Å². The first-order valence-corrected chi connectivity index (χ1v) is 9.68. The van der Waals surface area contributed by atoms with Crippen molar-refractivity contribution in [1.82, 2.24) is 14.9 Å². The molecule has 9 heteroatoms. The van der Waals surface area contributed by atoms with Crippen molar-refractivity contribution in [2.75, 3.05) is 5.32 Å². The van der Waals surface area contributed by atoms with Crippen molar-refractivity contribution in [3.63, 3.8) is 0 Å². The highest BCUT2D eigenvalue weighted by atomic mass is 32.2. The normalized spacial score (nSPS) is 12.2. The number of nitrogens with one attached hydrogen (secondary N) is 2. The van der Waals surface area contributed by atoms with Gasteiger partial charge in [0.15, 0.2) is 0 Å². The number of carbonyl (C=O) groups is 1. The molecule has 0 radical (unpaired) electrons. The predicted octanol–water partition coefficient (Wildman–Crippen LogP) is 2.57. The van der Waals surface area contributed by atoms with E-state index in [0.717, 1.165) is 16.9 Å². The Bertz CT molecular complexity index is 827. The predicted molar refractivity (Wildman–Crippen MR) is 93.7 cm³/mol. The van der Waals surface area contributed by atoms with E-state index in [4.69, 9.17) is 0 Å². The van der Waals surface area contributed by atoms with Crippen LogP contribution in [0.2, 0.25) is 0 Å². The number of carbonyl (C=O) groups excluding carboxylic acids is 1. The van der Waals surface area contributed by atoms with E-state index in [1.807, 2.05) is 26.0 Å². The number of hydrogen-bond donors (Lipinski definition) is 2. The molecule has 2 rings (SSSR count). The minimum atomic E-state index is -3.77. The number of rotatable bonds is 6. The Morgan fingerprint density at radius 1 is 1.21 bits per heavy atom. The van der Waals surface area contributed by atoms with Crippen LogP contribution in [0.3, 0.4) is 0 Å². The van der Waals surface area contributed by atoms with Crippen LogP contribution in [0.1, 0.15) is 43.1 Å². The zero-order valence-electron chi connectivity index (χ0n) is 14.0. The molecule has 0 aliphatic rings. The fourth-order valence-corrected chi connectivity index (χ4v) is 4.10. The second-order valence-electron chi connectivity index (χ2n) is 6.04. The highest BCUT2D eigenvalue weighted by Gasteiger charge is 2.28. The van der Waals surface area contributed by atoms with Crippen molar-refractivity contribution in [3.8, 4) is 0 Å². The molecule has 0 saturated heterocycles. The minimum absolute atomic E-state index is 0.134. The van der Waals surface area contributed by atoms with Crippen LogP contribution in [0.5, 0.6) is 0 Å². The lowest BCUT2D eigenvalue weighted by atomic mass is 10.0. The average Bonchev–Trinajstić information content (AvgIpc) is 2.96. The summed E-state index contributed by atoms with van der Waals surface area (Å²) in [5.74, 6) is -0.364. The molecule has 0 unspecified atom stereocenters. The third-order valence-corrected chi connectivity index (χ3v) is 6.37. The van der Waals surface area contributed by atoms with Gasteiger partial charge in [0.2, 0.25) is 9.47 Å². The van der Waals surface area contributed by atoms with Gasteiger partial charge in [-0.15, -0.1) is 10.2 Å². The summed E-state index contributed by atoms with van der Waals surface area (Å²) in [7, 11) is -3.77. The van der Waals surface area contributed by atoms with Crippen molar-refractivity contribution in [2.45, 2.75) is 44.0 Å². The van der Waals surface area contributed by atoms with E-state index in [0.29, 0.717) is 12.0 Å². The number of anilines is 1. The molecule has 0 aliphatic heterocycles. The Kier molecular flexibility index (Phi) is 5.36. The topological polar surface area (TPSA) is 101 Å². The van der Waals surface area contributed by atoms with E-state index in [1.54, 1.807) is 26.0 Å². The maximum absolute atomic E-state index is 12.3. The molecule has 1 amide bonds. The fourth-order valence-electron chi connectivity index (χ4n) is 1.72. The molecular weight excluding hydrogens is 348 g/mol. The van der Waals surface area contributed by atoms with Crippen LogP contribution in [-0.4, -0.2) is 30.1 Å². The lowest BCUT2D eigenvalue weighted by Gasteiger charge is -2.22. The van der Waals surface area contributed by atoms with Gasteiger partial charge in [-0.2, -0.15) is 0 Å². The van der Waals surface area contributed by atoms with Gasteiger partial charge < -0.3 is 0 Å². The molecule has 130 valence electrons. The van der Waals surface area contributed by atoms with Crippen molar-refractivity contribution < 1.29 is 13.2 Å². The molecule has 1 aromatic carbocycles. The van der Waals surface area contributed by atoms with Crippen LogP contribution in [-0.2, 0) is 10.0 Å². The van der Waals surface area contributed by atoms with Gasteiger partial charge in [0.25, 0.3) is 15.9 Å². The Morgan fingerprint density at radius 3 is 2.42 bits per heavy atom. The molecule has 0 aliphatic carbocycles. The lowest BCUT2D eigenvalue weighted by Crippen LogP contribution is -2.42. The fraction of sp³-hybridized carbons (Fsp3) is 0.400. The molecule has 0 saturated carbocycles. The van der Waals surface area contributed by atoms with Crippen molar-refractivity contribution in [1.29, 1.82) is 0 Å². The van der Waals surface area contributed by atoms with E-state index in [-0.39, 0.29) is 15.4 Å². The van der Waals surface area contributed by atoms with Gasteiger partial charge in [0, 0.05) is 11.1 Å². The standard InChI is InChI=1S/C15H20N4O3S2/c1-5-15(3,4)19-24(21,22)14-18-17-13(23-14)16-12(20)11-8-6-10(2)7-9-11/h6-9,19H,5H2,1-4H3,(H,16,17,20). The molecule has 7 nitrogen and oxygen atoms in total. The van der Waals surface area contributed by atoms with E-state index >= 15 is 0 Å². The molecule has 24 heavy (non-hydrogen) atoms. The molecule has 0 atom stereocenters. The molecule has 0 bridgehead atoms. The van der Waals surface area contributed by atoms with Crippen LogP contribution >= 0.6 is 11.3 Å².